The second kappa shape index (κ2) is 8.41. The van der Waals surface area contributed by atoms with E-state index in [0.717, 1.165) is 6.42 Å². The molecular weight excluding hydrogens is 154 g/mol. The van der Waals surface area contributed by atoms with Crippen LogP contribution in [-0.4, -0.2) is 5.37 Å². The number of unbranched alkanes of at least 4 members (excludes halogenated alkanes) is 5. The van der Waals surface area contributed by atoms with Crippen LogP contribution in [0.3, 0.4) is 0 Å². The lowest BCUT2D eigenvalue weighted by atomic mass is 10.1. The van der Waals surface area contributed by atoms with Crippen molar-refractivity contribution in [3.63, 3.8) is 0 Å². The molecule has 68 valence electrons. The topological polar surface area (TPSA) is 26.0 Å². The highest BCUT2D eigenvalue weighted by Gasteiger charge is 1.94. The van der Waals surface area contributed by atoms with E-state index < -0.39 is 0 Å². The molecule has 0 amide bonds. The molecule has 1 unspecified atom stereocenters. The summed E-state index contributed by atoms with van der Waals surface area (Å²) in [7, 11) is 0. The number of nitrogens with two attached hydrogens (primary N) is 1. The number of hydrogen-bond donors (Lipinski definition) is 2. The van der Waals surface area contributed by atoms with Crippen LogP contribution in [0.4, 0.5) is 0 Å². The van der Waals surface area contributed by atoms with Gasteiger partial charge in [0.25, 0.3) is 0 Å². The monoisotopic (exact) mass is 175 g/mol. The normalized spacial score (nSPS) is 13.4. The van der Waals surface area contributed by atoms with Crippen molar-refractivity contribution in [3.8, 4) is 0 Å². The zero-order valence-corrected chi connectivity index (χ0v) is 8.45. The van der Waals surface area contributed by atoms with Crippen LogP contribution in [-0.2, 0) is 0 Å². The lowest BCUT2D eigenvalue weighted by Gasteiger charge is -2.02. The third-order valence-corrected chi connectivity index (χ3v) is 2.11. The van der Waals surface area contributed by atoms with Crippen LogP contribution in [0.1, 0.15) is 51.9 Å². The minimum atomic E-state index is 0.0983. The highest BCUT2D eigenvalue weighted by Crippen LogP contribution is 2.08. The van der Waals surface area contributed by atoms with Gasteiger partial charge in [0.1, 0.15) is 0 Å². The van der Waals surface area contributed by atoms with Crippen molar-refractivity contribution in [3.05, 3.63) is 0 Å². The van der Waals surface area contributed by atoms with Gasteiger partial charge >= 0.3 is 0 Å². The molecule has 0 heterocycles. The molecule has 0 rings (SSSR count). The van der Waals surface area contributed by atoms with Gasteiger partial charge < -0.3 is 5.73 Å². The average Bonchev–Trinajstić information content (AvgIpc) is 1.96. The summed E-state index contributed by atoms with van der Waals surface area (Å²) in [5.41, 5.74) is 5.50. The van der Waals surface area contributed by atoms with E-state index in [-0.39, 0.29) is 5.37 Å². The molecule has 0 aromatic heterocycles. The summed E-state index contributed by atoms with van der Waals surface area (Å²) < 4.78 is 0. The lowest BCUT2D eigenvalue weighted by Crippen LogP contribution is -2.10. The Balaban J connectivity index is 2.80. The Hall–Kier alpha value is 0.310. The van der Waals surface area contributed by atoms with Gasteiger partial charge in [-0.25, -0.2) is 0 Å². The highest BCUT2D eigenvalue weighted by molar-refractivity contribution is 7.80. The first kappa shape index (κ1) is 11.3. The fourth-order valence-electron chi connectivity index (χ4n) is 1.13. The van der Waals surface area contributed by atoms with Gasteiger partial charge in [0, 0.05) is 5.37 Å². The number of thiol groups is 1. The summed E-state index contributed by atoms with van der Waals surface area (Å²) >= 11 is 4.12. The maximum atomic E-state index is 5.50. The van der Waals surface area contributed by atoms with E-state index in [9.17, 15) is 0 Å². The second-order valence-electron chi connectivity index (χ2n) is 3.12. The summed E-state index contributed by atoms with van der Waals surface area (Å²) in [5.74, 6) is 0. The van der Waals surface area contributed by atoms with Gasteiger partial charge in [0.05, 0.1) is 0 Å². The summed E-state index contributed by atoms with van der Waals surface area (Å²) in [6.45, 7) is 2.24. The van der Waals surface area contributed by atoms with Gasteiger partial charge in [-0.05, 0) is 6.42 Å². The van der Waals surface area contributed by atoms with E-state index in [1.54, 1.807) is 0 Å². The van der Waals surface area contributed by atoms with Crippen molar-refractivity contribution in [2.24, 2.45) is 5.73 Å². The van der Waals surface area contributed by atoms with Crippen LogP contribution in [0, 0.1) is 0 Å². The van der Waals surface area contributed by atoms with Crippen molar-refractivity contribution in [2.45, 2.75) is 57.2 Å². The molecule has 0 spiro atoms. The quantitative estimate of drug-likeness (QED) is 0.347. The molecule has 11 heavy (non-hydrogen) atoms. The third kappa shape index (κ3) is 10.3. The maximum absolute atomic E-state index is 5.50. The molecule has 0 aliphatic heterocycles. The molecular formula is C9H21NS. The molecule has 0 bridgehead atoms. The molecule has 2 heteroatoms. The molecule has 2 N–H and O–H groups in total. The first-order valence-electron chi connectivity index (χ1n) is 4.71. The average molecular weight is 175 g/mol. The first-order valence-corrected chi connectivity index (χ1v) is 5.22. The molecule has 0 fully saturated rings. The molecule has 0 saturated carbocycles. The van der Waals surface area contributed by atoms with Gasteiger partial charge in [0.15, 0.2) is 0 Å². The molecule has 0 aliphatic rings. The summed E-state index contributed by atoms with van der Waals surface area (Å²) in [6.07, 6.45) is 9.10. The van der Waals surface area contributed by atoms with Crippen molar-refractivity contribution in [1.82, 2.24) is 0 Å². The predicted octanol–water partition coefficient (Wildman–Crippen LogP) is 2.95. The number of rotatable bonds is 7. The smallest absolute Gasteiger partial charge is 0.0477 e. The minimum absolute atomic E-state index is 0.0983. The minimum Gasteiger partial charge on any atom is -0.320 e. The van der Waals surface area contributed by atoms with Gasteiger partial charge in [-0.2, -0.15) is 12.6 Å². The largest absolute Gasteiger partial charge is 0.320 e. The first-order chi connectivity index (χ1) is 5.27. The molecule has 0 aromatic rings. The molecule has 1 atom stereocenters. The van der Waals surface area contributed by atoms with Crippen LogP contribution in [0.25, 0.3) is 0 Å². The fourth-order valence-corrected chi connectivity index (χ4v) is 1.32. The summed E-state index contributed by atoms with van der Waals surface area (Å²) in [6, 6.07) is 0. The molecule has 0 saturated heterocycles. The van der Waals surface area contributed by atoms with Gasteiger partial charge in [-0.1, -0.05) is 45.4 Å². The molecule has 0 aliphatic carbocycles. The van der Waals surface area contributed by atoms with Gasteiger partial charge in [-0.3, -0.25) is 0 Å². The van der Waals surface area contributed by atoms with E-state index in [2.05, 4.69) is 19.6 Å². The van der Waals surface area contributed by atoms with Gasteiger partial charge in [0.2, 0.25) is 0 Å². The van der Waals surface area contributed by atoms with Crippen LogP contribution in [0.5, 0.6) is 0 Å². The summed E-state index contributed by atoms with van der Waals surface area (Å²) in [4.78, 5) is 0. The van der Waals surface area contributed by atoms with Gasteiger partial charge in [-0.15, -0.1) is 0 Å². The van der Waals surface area contributed by atoms with E-state index in [1.165, 1.54) is 38.5 Å². The Kier molecular flexibility index (Phi) is 8.64. The Labute approximate surface area is 76.2 Å². The van der Waals surface area contributed by atoms with E-state index >= 15 is 0 Å². The summed E-state index contributed by atoms with van der Waals surface area (Å²) in [5, 5.41) is 0.0983. The van der Waals surface area contributed by atoms with Crippen molar-refractivity contribution >= 4 is 12.6 Å². The fraction of sp³-hybridized carbons (Fsp3) is 1.00. The zero-order chi connectivity index (χ0) is 8.53. The Bertz CT molecular complexity index is 74.0. The predicted molar refractivity (Wildman–Crippen MR) is 55.0 cm³/mol. The Morgan fingerprint density at radius 1 is 1.09 bits per heavy atom. The second-order valence-corrected chi connectivity index (χ2v) is 3.79. The van der Waals surface area contributed by atoms with Crippen molar-refractivity contribution < 1.29 is 0 Å². The molecule has 1 nitrogen and oxygen atoms in total. The third-order valence-electron chi connectivity index (χ3n) is 1.85. The van der Waals surface area contributed by atoms with Crippen LogP contribution in [0.2, 0.25) is 0 Å². The molecule has 0 radical (unpaired) electrons. The highest BCUT2D eigenvalue weighted by atomic mass is 32.1. The maximum Gasteiger partial charge on any atom is 0.0477 e. The van der Waals surface area contributed by atoms with E-state index in [4.69, 9.17) is 5.73 Å². The van der Waals surface area contributed by atoms with E-state index in [0.29, 0.717) is 0 Å². The number of hydrogen-bond acceptors (Lipinski definition) is 2. The Morgan fingerprint density at radius 2 is 1.64 bits per heavy atom. The van der Waals surface area contributed by atoms with Crippen molar-refractivity contribution in [2.75, 3.05) is 0 Å². The van der Waals surface area contributed by atoms with Crippen LogP contribution < -0.4 is 5.73 Å². The van der Waals surface area contributed by atoms with Crippen molar-refractivity contribution in [1.29, 1.82) is 0 Å². The molecule has 0 aromatic carbocycles. The standard InChI is InChI=1S/C9H21NS/c1-2-3-4-5-6-7-8-9(10)11/h9,11H,2-8,10H2,1H3. The Morgan fingerprint density at radius 3 is 2.18 bits per heavy atom. The lowest BCUT2D eigenvalue weighted by molar-refractivity contribution is 0.585. The van der Waals surface area contributed by atoms with Crippen LogP contribution >= 0.6 is 12.6 Å². The SMILES string of the molecule is CCCCCCCCC(N)S. The van der Waals surface area contributed by atoms with E-state index in [1.807, 2.05) is 0 Å². The van der Waals surface area contributed by atoms with Crippen LogP contribution in [0.15, 0.2) is 0 Å². The zero-order valence-electron chi connectivity index (χ0n) is 7.55.